The Morgan fingerprint density at radius 2 is 1.23 bits per heavy atom. The lowest BCUT2D eigenvalue weighted by atomic mass is 9.68. The topological polar surface area (TPSA) is 81.7 Å². The van der Waals surface area contributed by atoms with Crippen molar-refractivity contribution in [2.24, 2.45) is 0 Å². The summed E-state index contributed by atoms with van der Waals surface area (Å²) in [5.41, 5.74) is -0.804. The second-order valence-electron chi connectivity index (χ2n) is 12.4. The van der Waals surface area contributed by atoms with E-state index in [4.69, 9.17) is 0 Å². The number of thioether (sulfide) groups is 1. The van der Waals surface area contributed by atoms with E-state index in [2.05, 4.69) is 15.3 Å². The van der Waals surface area contributed by atoms with Gasteiger partial charge in [-0.3, -0.25) is 14.8 Å². The molecule has 0 spiro atoms. The Hall–Kier alpha value is -4.84. The summed E-state index contributed by atoms with van der Waals surface area (Å²) in [6.07, 6.45) is 3.40. The van der Waals surface area contributed by atoms with E-state index in [9.17, 15) is 18.0 Å². The smallest absolute Gasteiger partial charge is 0.378 e. The number of urea groups is 1. The van der Waals surface area contributed by atoms with Crippen LogP contribution >= 0.6 is 11.8 Å². The molecule has 1 fully saturated rings. The number of hydrogen-bond donors (Lipinski definition) is 1. The molecule has 0 bridgehead atoms. The Morgan fingerprint density at radius 1 is 0.750 bits per heavy atom. The number of anilines is 3. The van der Waals surface area contributed by atoms with E-state index in [0.29, 0.717) is 0 Å². The maximum absolute atomic E-state index is 15.0. The standard InChI is InChI=1S/C36H35F3N6O2S/c1-21(27-15-17-40-31-13-9-24(43(3)4)19-29(27)31)35(22(2)28-16-18-41-32-14-10-25(44(5)6)20-30(28)32)33(46)45(34(47)42-35)23-7-11-26(12-8-23)48-36(37,38)39/h7-22H,1-6H3,(H,42,47). The third-order valence-corrected chi connectivity index (χ3v) is 9.99. The fourth-order valence-electron chi connectivity index (χ4n) is 6.67. The number of nitrogens with one attached hydrogen (secondary N) is 1. The van der Waals surface area contributed by atoms with Gasteiger partial charge in [-0.05, 0) is 95.7 Å². The van der Waals surface area contributed by atoms with Gasteiger partial charge in [-0.25, -0.2) is 9.69 Å². The van der Waals surface area contributed by atoms with Crippen molar-refractivity contribution in [2.75, 3.05) is 42.9 Å². The molecule has 2 aromatic heterocycles. The van der Waals surface area contributed by atoms with Crippen LogP contribution in [0.2, 0.25) is 0 Å². The van der Waals surface area contributed by atoms with Crippen molar-refractivity contribution < 1.29 is 22.8 Å². The van der Waals surface area contributed by atoms with Crippen molar-refractivity contribution in [3.63, 3.8) is 0 Å². The molecule has 3 amide bonds. The van der Waals surface area contributed by atoms with E-state index >= 15 is 4.79 Å². The van der Waals surface area contributed by atoms with Gasteiger partial charge in [0.25, 0.3) is 5.91 Å². The molecule has 248 valence electrons. The Morgan fingerprint density at radius 3 is 1.67 bits per heavy atom. The third kappa shape index (κ3) is 5.78. The summed E-state index contributed by atoms with van der Waals surface area (Å²) >= 11 is -0.257. The molecule has 2 atom stereocenters. The summed E-state index contributed by atoms with van der Waals surface area (Å²) in [5, 5.41) is 4.79. The fourth-order valence-corrected chi connectivity index (χ4v) is 7.21. The van der Waals surface area contributed by atoms with Crippen LogP contribution in [0.4, 0.5) is 35.0 Å². The molecule has 12 heteroatoms. The van der Waals surface area contributed by atoms with Crippen LogP contribution in [0.1, 0.15) is 36.8 Å². The molecule has 1 aliphatic rings. The lowest BCUT2D eigenvalue weighted by molar-refractivity contribution is -0.123. The second-order valence-corrected chi connectivity index (χ2v) is 13.6. The van der Waals surface area contributed by atoms with Crippen LogP contribution in [0.3, 0.4) is 0 Å². The second kappa shape index (κ2) is 12.3. The largest absolute Gasteiger partial charge is 0.446 e. The number of pyridine rings is 2. The van der Waals surface area contributed by atoms with Gasteiger partial charge in [-0.15, -0.1) is 0 Å². The van der Waals surface area contributed by atoms with E-state index in [0.717, 1.165) is 49.2 Å². The number of nitrogens with zero attached hydrogens (tertiary/aromatic N) is 5. The van der Waals surface area contributed by atoms with E-state index < -0.39 is 34.8 Å². The monoisotopic (exact) mass is 672 g/mol. The molecule has 48 heavy (non-hydrogen) atoms. The lowest BCUT2D eigenvalue weighted by Gasteiger charge is -2.39. The zero-order valence-electron chi connectivity index (χ0n) is 27.3. The molecule has 6 rings (SSSR count). The average molecular weight is 673 g/mol. The molecular weight excluding hydrogens is 637 g/mol. The molecule has 1 saturated heterocycles. The number of rotatable bonds is 8. The Labute approximate surface area is 280 Å². The Kier molecular flexibility index (Phi) is 8.49. The molecule has 5 aromatic rings. The van der Waals surface area contributed by atoms with Gasteiger partial charge in [0.2, 0.25) is 0 Å². The number of carbonyl (C=O) groups is 2. The van der Waals surface area contributed by atoms with Gasteiger partial charge in [0.05, 0.1) is 16.7 Å². The van der Waals surface area contributed by atoms with Crippen molar-refractivity contribution in [3.8, 4) is 0 Å². The van der Waals surface area contributed by atoms with Crippen LogP contribution in [-0.2, 0) is 4.79 Å². The zero-order chi connectivity index (χ0) is 34.5. The van der Waals surface area contributed by atoms with Gasteiger partial charge in [0.15, 0.2) is 0 Å². The van der Waals surface area contributed by atoms with Crippen molar-refractivity contribution in [1.82, 2.24) is 15.3 Å². The summed E-state index contributed by atoms with van der Waals surface area (Å²) < 4.78 is 39.1. The highest BCUT2D eigenvalue weighted by Crippen LogP contribution is 2.48. The minimum atomic E-state index is -4.47. The third-order valence-electron chi connectivity index (χ3n) is 9.25. The van der Waals surface area contributed by atoms with Gasteiger partial charge in [-0.1, -0.05) is 13.8 Å². The normalized spacial score (nSPS) is 17.9. The van der Waals surface area contributed by atoms with Crippen LogP contribution < -0.4 is 20.0 Å². The fraction of sp³-hybridized carbons (Fsp3) is 0.278. The first-order valence-electron chi connectivity index (χ1n) is 15.4. The first-order valence-corrected chi connectivity index (χ1v) is 16.2. The summed E-state index contributed by atoms with van der Waals surface area (Å²) in [7, 11) is 7.77. The predicted octanol–water partition coefficient (Wildman–Crippen LogP) is 7.93. The number of amides is 3. The van der Waals surface area contributed by atoms with Crippen LogP contribution in [0.15, 0.2) is 90.1 Å². The summed E-state index contributed by atoms with van der Waals surface area (Å²) in [5.74, 6) is -1.68. The van der Waals surface area contributed by atoms with E-state index in [1.165, 1.54) is 24.3 Å². The number of hydrogen-bond acceptors (Lipinski definition) is 7. The van der Waals surface area contributed by atoms with Gasteiger partial charge < -0.3 is 15.1 Å². The molecule has 1 aliphatic heterocycles. The van der Waals surface area contributed by atoms with Crippen molar-refractivity contribution in [3.05, 3.63) is 96.3 Å². The number of carbonyl (C=O) groups excluding carboxylic acids is 2. The van der Waals surface area contributed by atoms with Crippen molar-refractivity contribution in [1.29, 1.82) is 0 Å². The SMILES string of the molecule is CC(c1ccnc2ccc(N(C)C)cc12)C1(C(C)c2ccnc3ccc(N(C)C)cc23)NC(=O)N(c2ccc(SC(F)(F)F)cc2)C1=O. The van der Waals surface area contributed by atoms with E-state index in [1.807, 2.05) is 100 Å². The first-order chi connectivity index (χ1) is 22.7. The van der Waals surface area contributed by atoms with Crippen LogP contribution in [0.25, 0.3) is 21.8 Å². The molecule has 0 saturated carbocycles. The molecule has 0 radical (unpaired) electrons. The minimum absolute atomic E-state index is 0.0498. The van der Waals surface area contributed by atoms with E-state index in [1.54, 1.807) is 12.4 Å². The van der Waals surface area contributed by atoms with Gasteiger partial charge in [-0.2, -0.15) is 13.2 Å². The first kappa shape index (κ1) is 33.1. The number of benzene rings is 3. The van der Waals surface area contributed by atoms with Crippen molar-refractivity contribution in [2.45, 2.75) is 41.6 Å². The highest BCUT2D eigenvalue weighted by molar-refractivity contribution is 8.00. The number of halogens is 3. The minimum Gasteiger partial charge on any atom is -0.378 e. The molecule has 8 nitrogen and oxygen atoms in total. The number of fused-ring (bicyclic) bond motifs is 2. The lowest BCUT2D eigenvalue weighted by Crippen LogP contribution is -2.55. The quantitative estimate of drug-likeness (QED) is 0.132. The number of imide groups is 1. The van der Waals surface area contributed by atoms with Crippen LogP contribution in [0.5, 0.6) is 0 Å². The van der Waals surface area contributed by atoms with Crippen LogP contribution in [0, 0.1) is 0 Å². The Balaban J connectivity index is 1.54. The molecule has 3 aromatic carbocycles. The molecule has 1 N–H and O–H groups in total. The summed E-state index contributed by atoms with van der Waals surface area (Å²) in [6.45, 7) is 3.85. The van der Waals surface area contributed by atoms with Gasteiger partial charge >= 0.3 is 11.5 Å². The molecule has 0 aliphatic carbocycles. The highest BCUT2D eigenvalue weighted by Gasteiger charge is 2.59. The maximum Gasteiger partial charge on any atom is 0.446 e. The summed E-state index contributed by atoms with van der Waals surface area (Å²) in [4.78, 5) is 43.1. The predicted molar refractivity (Wildman–Crippen MR) is 186 cm³/mol. The molecule has 2 unspecified atom stereocenters. The Bertz CT molecular complexity index is 1940. The maximum atomic E-state index is 15.0. The van der Waals surface area contributed by atoms with Gasteiger partial charge in [0.1, 0.15) is 5.54 Å². The molecule has 3 heterocycles. The number of alkyl halides is 3. The average Bonchev–Trinajstić information content (AvgIpc) is 3.32. The van der Waals surface area contributed by atoms with Gasteiger partial charge in [0, 0.05) is 79.5 Å². The molecular formula is C36H35F3N6O2S. The highest BCUT2D eigenvalue weighted by atomic mass is 32.2. The summed E-state index contributed by atoms with van der Waals surface area (Å²) in [6, 6.07) is 20.2. The van der Waals surface area contributed by atoms with E-state index in [-0.39, 0.29) is 22.3 Å². The van der Waals surface area contributed by atoms with Crippen molar-refractivity contribution >= 4 is 62.6 Å². The van der Waals surface area contributed by atoms with Crippen LogP contribution in [-0.4, -0.2) is 61.1 Å². The zero-order valence-corrected chi connectivity index (χ0v) is 28.1. The number of aromatic nitrogens is 2.